The van der Waals surface area contributed by atoms with E-state index < -0.39 is 8.07 Å². The van der Waals surface area contributed by atoms with Crippen molar-refractivity contribution < 1.29 is 4.79 Å². The van der Waals surface area contributed by atoms with Gasteiger partial charge in [0.15, 0.2) is 0 Å². The van der Waals surface area contributed by atoms with E-state index in [0.29, 0.717) is 6.42 Å². The number of hydrogen-bond donors (Lipinski definition) is 0. The standard InChI is InChI=1S/C15H22OS2Si/c1-19(2,13-14-7-4-3-5-8-14)15(9-10-16)17-11-6-12-18-15/h3-5,7-8,10H,6,9,11-13H2,1-2H3. The Bertz CT molecular complexity index is 413. The maximum Gasteiger partial charge on any atom is 0.121 e. The van der Waals surface area contributed by atoms with Gasteiger partial charge < -0.3 is 4.79 Å². The van der Waals surface area contributed by atoms with E-state index >= 15 is 0 Å². The summed E-state index contributed by atoms with van der Waals surface area (Å²) in [4.78, 5) is 11.2. The molecule has 1 aromatic rings. The van der Waals surface area contributed by atoms with Crippen LogP contribution in [0.15, 0.2) is 30.3 Å². The van der Waals surface area contributed by atoms with E-state index in [9.17, 15) is 4.79 Å². The highest BCUT2D eigenvalue weighted by Crippen LogP contribution is 2.51. The molecule has 0 N–H and O–H groups in total. The van der Waals surface area contributed by atoms with Crippen molar-refractivity contribution in [1.29, 1.82) is 0 Å². The Labute approximate surface area is 125 Å². The average molecular weight is 311 g/mol. The zero-order chi connectivity index (χ0) is 13.8. The lowest BCUT2D eigenvalue weighted by Gasteiger charge is -2.46. The summed E-state index contributed by atoms with van der Waals surface area (Å²) in [6, 6.07) is 11.9. The van der Waals surface area contributed by atoms with Crippen LogP contribution >= 0.6 is 23.5 Å². The lowest BCUT2D eigenvalue weighted by atomic mass is 10.2. The van der Waals surface area contributed by atoms with Gasteiger partial charge in [0.1, 0.15) is 6.29 Å². The Balaban J connectivity index is 2.21. The molecule has 0 unspecified atom stereocenters. The normalized spacial score (nSPS) is 19.1. The maximum absolute atomic E-state index is 11.2. The molecule has 2 rings (SSSR count). The van der Waals surface area contributed by atoms with Gasteiger partial charge in [0.25, 0.3) is 0 Å². The summed E-state index contributed by atoms with van der Waals surface area (Å²) in [6.45, 7) is 4.91. The first-order valence-corrected chi connectivity index (χ1v) is 12.0. The Morgan fingerprint density at radius 3 is 2.42 bits per heavy atom. The number of benzene rings is 1. The molecule has 104 valence electrons. The van der Waals surface area contributed by atoms with Crippen LogP contribution in [0.3, 0.4) is 0 Å². The minimum atomic E-state index is -1.52. The van der Waals surface area contributed by atoms with E-state index in [-0.39, 0.29) is 3.70 Å². The van der Waals surface area contributed by atoms with Crippen molar-refractivity contribution in [1.82, 2.24) is 0 Å². The van der Waals surface area contributed by atoms with Gasteiger partial charge in [-0.25, -0.2) is 0 Å². The Hall–Kier alpha value is -0.193. The number of thioether (sulfide) groups is 2. The number of rotatable bonds is 5. The summed E-state index contributed by atoms with van der Waals surface area (Å²) in [6.07, 6.45) is 3.14. The summed E-state index contributed by atoms with van der Waals surface area (Å²) in [5.41, 5.74) is 1.43. The summed E-state index contributed by atoms with van der Waals surface area (Å²) >= 11 is 4.11. The quantitative estimate of drug-likeness (QED) is 0.600. The predicted octanol–water partition coefficient (Wildman–Crippen LogP) is 4.17. The Morgan fingerprint density at radius 2 is 1.84 bits per heavy atom. The van der Waals surface area contributed by atoms with Crippen LogP contribution in [0.1, 0.15) is 18.4 Å². The molecule has 0 aromatic heterocycles. The molecule has 4 heteroatoms. The van der Waals surface area contributed by atoms with Crippen LogP contribution in [0.4, 0.5) is 0 Å². The third kappa shape index (κ3) is 3.47. The number of carbonyl (C=O) groups excluding carboxylic acids is 1. The lowest BCUT2D eigenvalue weighted by molar-refractivity contribution is -0.107. The number of aldehydes is 1. The second kappa shape index (κ2) is 6.51. The van der Waals surface area contributed by atoms with Crippen LogP contribution in [0, 0.1) is 0 Å². The zero-order valence-electron chi connectivity index (χ0n) is 11.7. The fraction of sp³-hybridized carbons (Fsp3) is 0.533. The molecule has 1 aliphatic rings. The van der Waals surface area contributed by atoms with E-state index in [2.05, 4.69) is 66.9 Å². The molecule has 1 aromatic carbocycles. The van der Waals surface area contributed by atoms with Crippen molar-refractivity contribution in [2.24, 2.45) is 0 Å². The van der Waals surface area contributed by atoms with Gasteiger partial charge in [0.05, 0.1) is 11.8 Å². The maximum atomic E-state index is 11.2. The van der Waals surface area contributed by atoms with Crippen LogP contribution < -0.4 is 0 Å². The summed E-state index contributed by atoms with van der Waals surface area (Å²) in [5.74, 6) is 2.43. The van der Waals surface area contributed by atoms with E-state index in [1.54, 1.807) is 0 Å². The van der Waals surface area contributed by atoms with Gasteiger partial charge in [-0.2, -0.15) is 0 Å². The SMILES string of the molecule is C[Si](C)(Cc1ccccc1)C1(CC=O)SCCCS1. The van der Waals surface area contributed by atoms with Gasteiger partial charge in [0, 0.05) is 6.42 Å². The molecular formula is C15H22OS2Si. The molecule has 0 atom stereocenters. The van der Waals surface area contributed by atoms with Gasteiger partial charge in [-0.05, 0) is 24.0 Å². The number of hydrogen-bond acceptors (Lipinski definition) is 3. The van der Waals surface area contributed by atoms with Gasteiger partial charge >= 0.3 is 0 Å². The third-order valence-corrected chi connectivity index (χ3v) is 14.5. The van der Waals surface area contributed by atoms with E-state index in [1.807, 2.05) is 0 Å². The summed E-state index contributed by atoms with van der Waals surface area (Å²) in [7, 11) is -1.52. The second-order valence-corrected chi connectivity index (χ2v) is 14.5. The second-order valence-electron chi connectivity index (χ2n) is 5.72. The van der Waals surface area contributed by atoms with Crippen molar-refractivity contribution >= 4 is 37.9 Å². The molecule has 1 aliphatic heterocycles. The topological polar surface area (TPSA) is 17.1 Å². The van der Waals surface area contributed by atoms with Crippen molar-refractivity contribution in [3.63, 3.8) is 0 Å². The first kappa shape index (κ1) is 15.2. The Kier molecular flexibility index (Phi) is 5.20. The van der Waals surface area contributed by atoms with Crippen molar-refractivity contribution in [3.8, 4) is 0 Å². The minimum absolute atomic E-state index is 0.183. The van der Waals surface area contributed by atoms with E-state index in [0.717, 1.165) is 6.29 Å². The molecule has 0 aliphatic carbocycles. The molecule has 0 saturated carbocycles. The average Bonchev–Trinajstić information content (AvgIpc) is 2.40. The minimum Gasteiger partial charge on any atom is -0.303 e. The van der Waals surface area contributed by atoms with Crippen LogP contribution in [-0.4, -0.2) is 29.6 Å². The smallest absolute Gasteiger partial charge is 0.121 e. The van der Waals surface area contributed by atoms with Crippen LogP contribution in [-0.2, 0) is 10.8 Å². The highest BCUT2D eigenvalue weighted by Gasteiger charge is 2.48. The molecule has 1 saturated heterocycles. The highest BCUT2D eigenvalue weighted by atomic mass is 32.2. The molecule has 1 nitrogen and oxygen atoms in total. The third-order valence-electron chi connectivity index (χ3n) is 3.83. The molecule has 1 heterocycles. The van der Waals surface area contributed by atoms with Crippen LogP contribution in [0.25, 0.3) is 0 Å². The van der Waals surface area contributed by atoms with Crippen molar-refractivity contribution in [3.05, 3.63) is 35.9 Å². The van der Waals surface area contributed by atoms with Crippen LogP contribution in [0.5, 0.6) is 0 Å². The molecule has 19 heavy (non-hydrogen) atoms. The summed E-state index contributed by atoms with van der Waals surface area (Å²) in [5, 5.41) is 0. The summed E-state index contributed by atoms with van der Waals surface area (Å²) < 4.78 is 0.183. The van der Waals surface area contributed by atoms with Crippen molar-refractivity contribution in [2.45, 2.75) is 35.7 Å². The zero-order valence-corrected chi connectivity index (χ0v) is 14.4. The van der Waals surface area contributed by atoms with Crippen LogP contribution in [0.2, 0.25) is 13.1 Å². The van der Waals surface area contributed by atoms with Gasteiger partial charge in [-0.3, -0.25) is 0 Å². The highest BCUT2D eigenvalue weighted by molar-refractivity contribution is 8.21. The predicted molar refractivity (Wildman–Crippen MR) is 90.6 cm³/mol. The molecule has 1 fully saturated rings. The van der Waals surface area contributed by atoms with E-state index in [1.165, 1.54) is 29.5 Å². The molecule has 0 spiro atoms. The van der Waals surface area contributed by atoms with Gasteiger partial charge in [-0.1, -0.05) is 49.0 Å². The monoisotopic (exact) mass is 310 g/mol. The van der Waals surface area contributed by atoms with Gasteiger partial charge in [-0.15, -0.1) is 23.5 Å². The molecule has 0 bridgehead atoms. The van der Waals surface area contributed by atoms with Gasteiger partial charge in [0.2, 0.25) is 0 Å². The Morgan fingerprint density at radius 1 is 1.21 bits per heavy atom. The first-order chi connectivity index (χ1) is 9.10. The molecule has 0 radical (unpaired) electrons. The number of carbonyl (C=O) groups is 1. The fourth-order valence-electron chi connectivity index (χ4n) is 2.71. The largest absolute Gasteiger partial charge is 0.303 e. The molecular weight excluding hydrogens is 288 g/mol. The van der Waals surface area contributed by atoms with E-state index in [4.69, 9.17) is 0 Å². The lowest BCUT2D eigenvalue weighted by Crippen LogP contribution is -2.53. The fourth-order valence-corrected chi connectivity index (χ4v) is 11.7. The first-order valence-electron chi connectivity index (χ1n) is 6.85. The molecule has 0 amide bonds. The van der Waals surface area contributed by atoms with Crippen molar-refractivity contribution in [2.75, 3.05) is 11.5 Å².